The van der Waals surface area contributed by atoms with E-state index in [0.29, 0.717) is 5.69 Å². The molecule has 3 aromatic carbocycles. The molecule has 35 heavy (non-hydrogen) atoms. The van der Waals surface area contributed by atoms with Crippen LogP contribution >= 0.6 is 35.4 Å². The first-order chi connectivity index (χ1) is 16.7. The third-order valence-electron chi connectivity index (χ3n) is 5.08. The first kappa shape index (κ1) is 24.8. The molecule has 0 amide bonds. The second-order valence-electron chi connectivity index (χ2n) is 7.74. The number of aromatic nitrogens is 3. The molecule has 0 saturated carbocycles. The van der Waals surface area contributed by atoms with Crippen molar-refractivity contribution >= 4 is 53.0 Å². The molecule has 0 aliphatic carbocycles. The minimum Gasteiger partial charge on any atom is -0.378 e. The second-order valence-corrected chi connectivity index (χ2v) is 8.92. The van der Waals surface area contributed by atoms with Crippen LogP contribution in [0.15, 0.2) is 65.8 Å². The fraction of sp³-hybridized carbons (Fsp3) is 0.125. The zero-order valence-corrected chi connectivity index (χ0v) is 21.0. The molecule has 0 saturated heterocycles. The number of nitrogens with one attached hydrogen (secondary N) is 1. The summed E-state index contributed by atoms with van der Waals surface area (Å²) in [7, 11) is 3.91. The third kappa shape index (κ3) is 5.70. The number of nitrogens with zero attached hydrogens (tertiary/aromatic N) is 5. The highest BCUT2D eigenvalue weighted by atomic mass is 35.5. The van der Waals surface area contributed by atoms with Crippen molar-refractivity contribution in [3.05, 3.63) is 92.7 Å². The molecule has 0 unspecified atom stereocenters. The maximum Gasteiger partial charge on any atom is 0.221 e. The lowest BCUT2D eigenvalue weighted by Gasteiger charge is -2.11. The largest absolute Gasteiger partial charge is 0.378 e. The van der Waals surface area contributed by atoms with Gasteiger partial charge in [-0.05, 0) is 66.3 Å². The lowest BCUT2D eigenvalue weighted by Crippen LogP contribution is -2.10. The number of halogens is 4. The van der Waals surface area contributed by atoms with Crippen molar-refractivity contribution in [2.24, 2.45) is 5.10 Å². The molecule has 1 aromatic heterocycles. The van der Waals surface area contributed by atoms with Gasteiger partial charge in [0.25, 0.3) is 0 Å². The van der Waals surface area contributed by atoms with E-state index in [1.807, 2.05) is 43.3 Å². The number of hydrogen-bond donors (Lipinski definition) is 1. The van der Waals surface area contributed by atoms with Crippen molar-refractivity contribution in [1.29, 1.82) is 0 Å². The molecule has 6 nitrogen and oxygen atoms in total. The number of hydrogen-bond acceptors (Lipinski definition) is 5. The van der Waals surface area contributed by atoms with E-state index in [0.717, 1.165) is 11.3 Å². The summed E-state index contributed by atoms with van der Waals surface area (Å²) in [6.07, 6.45) is 1.62. The molecule has 4 rings (SSSR count). The predicted octanol–water partition coefficient (Wildman–Crippen LogP) is 6.68. The Morgan fingerprint density at radius 2 is 1.71 bits per heavy atom. The van der Waals surface area contributed by atoms with Gasteiger partial charge in [-0.2, -0.15) is 9.78 Å². The highest BCUT2D eigenvalue weighted by Crippen LogP contribution is 2.32. The van der Waals surface area contributed by atoms with Crippen LogP contribution in [0.1, 0.15) is 5.56 Å². The van der Waals surface area contributed by atoms with Gasteiger partial charge in [-0.25, -0.2) is 13.5 Å². The van der Waals surface area contributed by atoms with Gasteiger partial charge in [0.05, 0.1) is 16.3 Å². The minimum absolute atomic E-state index is 0.106. The Kier molecular flexibility index (Phi) is 7.49. The summed E-state index contributed by atoms with van der Waals surface area (Å²) in [6, 6.07) is 16.1. The van der Waals surface area contributed by atoms with Crippen molar-refractivity contribution < 1.29 is 8.78 Å². The van der Waals surface area contributed by atoms with Gasteiger partial charge in [-0.3, -0.25) is 0 Å². The van der Waals surface area contributed by atoms with E-state index < -0.39 is 5.82 Å². The average molecular weight is 533 g/mol. The van der Waals surface area contributed by atoms with Crippen LogP contribution in [-0.4, -0.2) is 34.8 Å². The topological polar surface area (TPSA) is 50.4 Å². The van der Waals surface area contributed by atoms with Crippen LogP contribution in [-0.2, 0) is 6.67 Å². The lowest BCUT2D eigenvalue weighted by atomic mass is 10.2. The van der Waals surface area contributed by atoms with Crippen molar-refractivity contribution in [3.63, 3.8) is 0 Å². The molecule has 180 valence electrons. The molecule has 4 aromatic rings. The summed E-state index contributed by atoms with van der Waals surface area (Å²) < 4.78 is 30.6. The second kappa shape index (κ2) is 10.6. The van der Waals surface area contributed by atoms with Crippen molar-refractivity contribution in [3.8, 4) is 11.4 Å². The highest BCUT2D eigenvalue weighted by molar-refractivity contribution is 7.71. The van der Waals surface area contributed by atoms with Crippen LogP contribution in [0, 0.1) is 16.4 Å². The van der Waals surface area contributed by atoms with Gasteiger partial charge in [-0.15, -0.1) is 5.10 Å². The molecule has 0 bridgehead atoms. The van der Waals surface area contributed by atoms with E-state index in [9.17, 15) is 8.78 Å². The molecule has 1 N–H and O–H groups in total. The summed E-state index contributed by atoms with van der Waals surface area (Å²) in [5.41, 5.74) is 2.82. The van der Waals surface area contributed by atoms with Crippen molar-refractivity contribution in [2.75, 3.05) is 24.3 Å². The Labute approximate surface area is 216 Å². The van der Waals surface area contributed by atoms with Crippen LogP contribution in [0.2, 0.25) is 10.0 Å². The van der Waals surface area contributed by atoms with Crippen molar-refractivity contribution in [2.45, 2.75) is 6.67 Å². The summed E-state index contributed by atoms with van der Waals surface area (Å²) >= 11 is 17.8. The third-order valence-corrected chi connectivity index (χ3v) is 6.06. The normalized spacial score (nSPS) is 11.3. The Hall–Kier alpha value is -3.27. The molecule has 11 heteroatoms. The molecule has 1 heterocycles. The molecule has 0 aliphatic heterocycles. The number of rotatable bonds is 7. The molecule has 0 spiro atoms. The SMILES string of the molecule is CN(C)c1ccc(/C=N/n2c(-c3cc(F)c(Cl)cc3Cl)nn(CNc3ccc(F)cc3)c2=S)cc1. The summed E-state index contributed by atoms with van der Waals surface area (Å²) in [4.78, 5) is 1.99. The molecular weight excluding hydrogens is 513 g/mol. The Balaban J connectivity index is 1.73. The van der Waals surface area contributed by atoms with E-state index in [-0.39, 0.29) is 38.7 Å². The monoisotopic (exact) mass is 532 g/mol. The van der Waals surface area contributed by atoms with Gasteiger partial charge >= 0.3 is 0 Å². The van der Waals surface area contributed by atoms with Gasteiger partial charge in [0, 0.05) is 31.0 Å². The van der Waals surface area contributed by atoms with Crippen LogP contribution in [0.4, 0.5) is 20.2 Å². The van der Waals surface area contributed by atoms with Gasteiger partial charge in [0.2, 0.25) is 4.77 Å². The van der Waals surface area contributed by atoms with E-state index in [1.54, 1.807) is 18.3 Å². The lowest BCUT2D eigenvalue weighted by molar-refractivity contribution is 0.626. The fourth-order valence-electron chi connectivity index (χ4n) is 3.19. The zero-order chi connectivity index (χ0) is 25.1. The van der Waals surface area contributed by atoms with Gasteiger partial charge in [0.15, 0.2) is 5.82 Å². The first-order valence-electron chi connectivity index (χ1n) is 10.4. The predicted molar refractivity (Wildman–Crippen MR) is 140 cm³/mol. The Morgan fingerprint density at radius 1 is 1.03 bits per heavy atom. The smallest absolute Gasteiger partial charge is 0.221 e. The van der Waals surface area contributed by atoms with Crippen molar-refractivity contribution in [1.82, 2.24) is 14.5 Å². The van der Waals surface area contributed by atoms with E-state index in [1.165, 1.54) is 33.6 Å². The number of benzene rings is 3. The fourth-order valence-corrected chi connectivity index (χ4v) is 3.89. The zero-order valence-electron chi connectivity index (χ0n) is 18.7. The van der Waals surface area contributed by atoms with E-state index in [2.05, 4.69) is 15.5 Å². The van der Waals surface area contributed by atoms with Crippen LogP contribution in [0.25, 0.3) is 11.4 Å². The average Bonchev–Trinajstić information content (AvgIpc) is 3.15. The molecule has 0 fully saturated rings. The van der Waals surface area contributed by atoms with Gasteiger partial charge in [-0.1, -0.05) is 35.3 Å². The summed E-state index contributed by atoms with van der Waals surface area (Å²) in [6.45, 7) is 0.158. The maximum atomic E-state index is 14.3. The summed E-state index contributed by atoms with van der Waals surface area (Å²) in [5.74, 6) is -0.755. The van der Waals surface area contributed by atoms with E-state index in [4.69, 9.17) is 35.4 Å². The molecule has 0 atom stereocenters. The standard InChI is InChI=1S/C24H20Cl2F2N6S/c1-32(2)18-9-3-15(4-10-18)13-30-34-23(19-11-22(28)21(26)12-20(19)25)31-33(24(34)35)14-29-17-7-5-16(27)6-8-17/h3-13,29H,14H2,1-2H3/b30-13+. The van der Waals surface area contributed by atoms with Gasteiger partial charge in [0.1, 0.15) is 18.3 Å². The van der Waals surface area contributed by atoms with E-state index >= 15 is 0 Å². The molecule has 0 radical (unpaired) electrons. The molecular formula is C24H20Cl2F2N6S. The Bertz CT molecular complexity index is 1430. The van der Waals surface area contributed by atoms with Crippen LogP contribution in [0.3, 0.4) is 0 Å². The highest BCUT2D eigenvalue weighted by Gasteiger charge is 2.18. The van der Waals surface area contributed by atoms with Gasteiger partial charge < -0.3 is 10.2 Å². The molecule has 0 aliphatic rings. The summed E-state index contributed by atoms with van der Waals surface area (Å²) in [5, 5.41) is 12.2. The Morgan fingerprint density at radius 3 is 2.37 bits per heavy atom. The maximum absolute atomic E-state index is 14.3. The minimum atomic E-state index is -0.647. The number of anilines is 2. The first-order valence-corrected chi connectivity index (χ1v) is 11.6. The van der Waals surface area contributed by atoms with Crippen LogP contribution < -0.4 is 10.2 Å². The van der Waals surface area contributed by atoms with Crippen LogP contribution in [0.5, 0.6) is 0 Å². The quantitative estimate of drug-likeness (QED) is 0.164.